The molecule has 0 heterocycles. The largest absolute Gasteiger partial charge is 0.325 e. The summed E-state index contributed by atoms with van der Waals surface area (Å²) in [6, 6.07) is 13.3. The summed E-state index contributed by atoms with van der Waals surface area (Å²) in [7, 11) is 0. The van der Waals surface area contributed by atoms with Crippen molar-refractivity contribution in [3.8, 4) is 0 Å². The van der Waals surface area contributed by atoms with Gasteiger partial charge in [0, 0.05) is 17.9 Å². The molecule has 0 radical (unpaired) electrons. The van der Waals surface area contributed by atoms with Gasteiger partial charge in [0.05, 0.1) is 11.5 Å². The zero-order valence-electron chi connectivity index (χ0n) is 14.3. The van der Waals surface area contributed by atoms with Crippen molar-refractivity contribution in [1.29, 1.82) is 0 Å². The number of benzene rings is 2. The molecular formula is C19H21FN2O2S. The summed E-state index contributed by atoms with van der Waals surface area (Å²) in [5.74, 6) is -0.212. The van der Waals surface area contributed by atoms with E-state index in [1.54, 1.807) is 17.0 Å². The minimum atomic E-state index is -0.339. The van der Waals surface area contributed by atoms with E-state index in [1.807, 2.05) is 38.1 Å². The second kappa shape index (κ2) is 9.22. The second-order valence-electron chi connectivity index (χ2n) is 5.52. The van der Waals surface area contributed by atoms with E-state index < -0.39 is 0 Å². The summed E-state index contributed by atoms with van der Waals surface area (Å²) >= 11 is 1.26. The third kappa shape index (κ3) is 5.90. The highest BCUT2D eigenvalue weighted by atomic mass is 32.2. The van der Waals surface area contributed by atoms with Gasteiger partial charge in [-0.1, -0.05) is 17.7 Å². The van der Waals surface area contributed by atoms with E-state index in [2.05, 4.69) is 5.32 Å². The molecule has 0 aliphatic rings. The number of halogens is 1. The van der Waals surface area contributed by atoms with Gasteiger partial charge in [0.15, 0.2) is 0 Å². The number of amides is 2. The Morgan fingerprint density at radius 2 is 1.68 bits per heavy atom. The van der Waals surface area contributed by atoms with Crippen LogP contribution in [0.4, 0.5) is 15.8 Å². The minimum absolute atomic E-state index is 0.109. The van der Waals surface area contributed by atoms with E-state index in [1.165, 1.54) is 23.9 Å². The Morgan fingerprint density at radius 3 is 2.28 bits per heavy atom. The quantitative estimate of drug-likeness (QED) is 0.816. The molecule has 0 aliphatic carbocycles. The molecule has 0 fully saturated rings. The number of rotatable bonds is 7. The Morgan fingerprint density at radius 1 is 1.04 bits per heavy atom. The third-order valence-corrected chi connectivity index (χ3v) is 4.47. The number of carbonyl (C=O) groups excluding carboxylic acids is 2. The van der Waals surface area contributed by atoms with E-state index >= 15 is 0 Å². The van der Waals surface area contributed by atoms with Gasteiger partial charge in [-0.05, 0) is 50.2 Å². The first kappa shape index (κ1) is 19.0. The van der Waals surface area contributed by atoms with E-state index in [9.17, 15) is 14.0 Å². The zero-order chi connectivity index (χ0) is 18.2. The lowest BCUT2D eigenvalue weighted by Gasteiger charge is -2.20. The number of hydrogen-bond donors (Lipinski definition) is 1. The highest BCUT2D eigenvalue weighted by Crippen LogP contribution is 2.16. The van der Waals surface area contributed by atoms with Crippen molar-refractivity contribution in [2.45, 2.75) is 13.8 Å². The van der Waals surface area contributed by atoms with Crippen molar-refractivity contribution < 1.29 is 14.0 Å². The molecule has 0 aromatic heterocycles. The molecule has 4 nitrogen and oxygen atoms in total. The summed E-state index contributed by atoms with van der Waals surface area (Å²) in [6.45, 7) is 4.32. The van der Waals surface area contributed by atoms with E-state index in [0.717, 1.165) is 11.3 Å². The third-order valence-electron chi connectivity index (χ3n) is 3.55. The van der Waals surface area contributed by atoms with Crippen LogP contribution in [-0.4, -0.2) is 29.9 Å². The van der Waals surface area contributed by atoms with Crippen molar-refractivity contribution >= 4 is 35.0 Å². The molecule has 2 rings (SSSR count). The zero-order valence-corrected chi connectivity index (χ0v) is 15.1. The first-order valence-corrected chi connectivity index (χ1v) is 9.15. The number of anilines is 2. The average molecular weight is 360 g/mol. The van der Waals surface area contributed by atoms with Crippen molar-refractivity contribution in [2.75, 3.05) is 28.3 Å². The van der Waals surface area contributed by atoms with Crippen molar-refractivity contribution in [3.05, 3.63) is 59.9 Å². The van der Waals surface area contributed by atoms with Crippen LogP contribution in [-0.2, 0) is 9.59 Å². The van der Waals surface area contributed by atoms with Gasteiger partial charge < -0.3 is 10.2 Å². The van der Waals surface area contributed by atoms with E-state index in [0.29, 0.717) is 12.2 Å². The lowest BCUT2D eigenvalue weighted by atomic mass is 10.2. The summed E-state index contributed by atoms with van der Waals surface area (Å²) < 4.78 is 13.0. The Hall–Kier alpha value is -2.34. The van der Waals surface area contributed by atoms with Crippen LogP contribution in [0.3, 0.4) is 0 Å². The normalized spacial score (nSPS) is 10.4. The van der Waals surface area contributed by atoms with Gasteiger partial charge in [-0.2, -0.15) is 0 Å². The van der Waals surface area contributed by atoms with Crippen molar-refractivity contribution in [2.24, 2.45) is 0 Å². The first-order valence-electron chi connectivity index (χ1n) is 7.99. The molecular weight excluding hydrogens is 339 g/mol. The van der Waals surface area contributed by atoms with Gasteiger partial charge in [-0.3, -0.25) is 9.59 Å². The predicted molar refractivity (Wildman–Crippen MR) is 102 cm³/mol. The van der Waals surface area contributed by atoms with Gasteiger partial charge in [-0.15, -0.1) is 11.8 Å². The maximum Gasteiger partial charge on any atom is 0.236 e. The maximum absolute atomic E-state index is 13.0. The molecule has 132 valence electrons. The van der Waals surface area contributed by atoms with Crippen LogP contribution >= 0.6 is 11.8 Å². The topological polar surface area (TPSA) is 49.4 Å². The molecule has 0 saturated heterocycles. The van der Waals surface area contributed by atoms with Crippen LogP contribution in [0.5, 0.6) is 0 Å². The minimum Gasteiger partial charge on any atom is -0.325 e. The van der Waals surface area contributed by atoms with Crippen LogP contribution in [0, 0.1) is 12.7 Å². The Kier molecular flexibility index (Phi) is 7.01. The number of carbonyl (C=O) groups is 2. The molecule has 2 aromatic carbocycles. The van der Waals surface area contributed by atoms with Crippen molar-refractivity contribution in [1.82, 2.24) is 0 Å². The number of nitrogens with one attached hydrogen (secondary N) is 1. The second-order valence-corrected chi connectivity index (χ2v) is 6.51. The molecule has 0 aliphatic heterocycles. The fourth-order valence-electron chi connectivity index (χ4n) is 2.27. The van der Waals surface area contributed by atoms with Crippen LogP contribution in [0.2, 0.25) is 0 Å². The smallest absolute Gasteiger partial charge is 0.236 e. The first-order chi connectivity index (χ1) is 12.0. The lowest BCUT2D eigenvalue weighted by Crippen LogP contribution is -2.32. The molecule has 0 bridgehead atoms. The summed E-state index contributed by atoms with van der Waals surface area (Å²) in [6.07, 6.45) is 0. The molecule has 1 N–H and O–H groups in total. The molecule has 6 heteroatoms. The van der Waals surface area contributed by atoms with Crippen LogP contribution in [0.1, 0.15) is 12.5 Å². The number of nitrogens with zero attached hydrogens (tertiary/aromatic N) is 1. The molecule has 0 atom stereocenters. The molecule has 25 heavy (non-hydrogen) atoms. The molecule has 2 amide bonds. The number of aryl methyl sites for hydroxylation is 1. The van der Waals surface area contributed by atoms with Crippen LogP contribution < -0.4 is 10.2 Å². The van der Waals surface area contributed by atoms with Crippen LogP contribution in [0.15, 0.2) is 48.5 Å². The average Bonchev–Trinajstić information content (AvgIpc) is 2.59. The Labute approximate surface area is 151 Å². The summed E-state index contributed by atoms with van der Waals surface area (Å²) in [5.41, 5.74) is 2.51. The SMILES string of the molecule is CCN(C(=O)CSCC(=O)Nc1ccc(C)cc1)c1ccc(F)cc1. The highest BCUT2D eigenvalue weighted by molar-refractivity contribution is 8.00. The Balaban J connectivity index is 1.81. The summed E-state index contributed by atoms with van der Waals surface area (Å²) in [5, 5.41) is 2.80. The lowest BCUT2D eigenvalue weighted by molar-refractivity contribution is -0.116. The van der Waals surface area contributed by atoms with Gasteiger partial charge in [0.1, 0.15) is 5.82 Å². The highest BCUT2D eigenvalue weighted by Gasteiger charge is 2.14. The van der Waals surface area contributed by atoms with Crippen molar-refractivity contribution in [3.63, 3.8) is 0 Å². The number of hydrogen-bond acceptors (Lipinski definition) is 3. The maximum atomic E-state index is 13.0. The molecule has 0 saturated carbocycles. The fourth-order valence-corrected chi connectivity index (χ4v) is 2.96. The molecule has 0 spiro atoms. The Bertz CT molecular complexity index is 717. The van der Waals surface area contributed by atoms with Gasteiger partial charge in [0.2, 0.25) is 11.8 Å². The monoisotopic (exact) mass is 360 g/mol. The van der Waals surface area contributed by atoms with E-state index in [4.69, 9.17) is 0 Å². The molecule has 2 aromatic rings. The fraction of sp³-hybridized carbons (Fsp3) is 0.263. The van der Waals surface area contributed by atoms with Gasteiger partial charge in [-0.25, -0.2) is 4.39 Å². The van der Waals surface area contributed by atoms with Crippen LogP contribution in [0.25, 0.3) is 0 Å². The predicted octanol–water partition coefficient (Wildman–Crippen LogP) is 3.86. The van der Waals surface area contributed by atoms with Gasteiger partial charge >= 0.3 is 0 Å². The number of thioether (sulfide) groups is 1. The standard InChI is InChI=1S/C19H21FN2O2S/c1-3-22(17-10-6-15(20)7-11-17)19(24)13-25-12-18(23)21-16-8-4-14(2)5-9-16/h4-11H,3,12-13H2,1-2H3,(H,21,23). The van der Waals surface area contributed by atoms with Gasteiger partial charge in [0.25, 0.3) is 0 Å². The van der Waals surface area contributed by atoms with E-state index in [-0.39, 0.29) is 29.1 Å². The summed E-state index contributed by atoms with van der Waals surface area (Å²) in [4.78, 5) is 25.8. The molecule has 0 unspecified atom stereocenters.